The van der Waals surface area contributed by atoms with Gasteiger partial charge >= 0.3 is 6.09 Å². The van der Waals surface area contributed by atoms with E-state index in [1.165, 1.54) is 63.7 Å². The van der Waals surface area contributed by atoms with E-state index in [0.717, 1.165) is 18.4 Å². The Kier molecular flexibility index (Phi) is 7.39. The first kappa shape index (κ1) is 21.2. The Morgan fingerprint density at radius 3 is 2.21 bits per heavy atom. The average molecular weight is 387 g/mol. The van der Waals surface area contributed by atoms with Crippen LogP contribution in [0, 0.1) is 11.8 Å². The van der Waals surface area contributed by atoms with Crippen molar-refractivity contribution < 1.29 is 9.53 Å². The first-order chi connectivity index (χ1) is 13.4. The monoisotopic (exact) mass is 386 g/mol. The molecule has 0 spiro atoms. The van der Waals surface area contributed by atoms with Crippen LogP contribution in [0.2, 0.25) is 0 Å². The highest BCUT2D eigenvalue weighted by molar-refractivity contribution is 5.67. The minimum absolute atomic E-state index is 0.282. The van der Waals surface area contributed by atoms with E-state index in [1.54, 1.807) is 0 Å². The van der Waals surface area contributed by atoms with Gasteiger partial charge in [0.15, 0.2) is 0 Å². The summed E-state index contributed by atoms with van der Waals surface area (Å²) < 4.78 is 5.33. The number of hydrogen-bond acceptors (Lipinski definition) is 3. The smallest absolute Gasteiger partial charge is 0.407 e. The van der Waals surface area contributed by atoms with E-state index in [-0.39, 0.29) is 6.09 Å². The standard InChI is InChI=1S/C24H38N2O2/c1-24(2,3)28-23(27)25-17-19-9-11-20(12-10-19)18-26-15-13-22(14-16-26)21-7-5-4-6-8-21/h4-8,19-20,22H,9-18H2,1-3H3,(H,25,27)/t19-,20-. The number of piperidine rings is 1. The molecule has 4 heteroatoms. The molecule has 1 aliphatic carbocycles. The molecule has 2 aliphatic rings. The molecule has 0 unspecified atom stereocenters. The number of nitrogens with one attached hydrogen (secondary N) is 1. The quantitative estimate of drug-likeness (QED) is 0.756. The molecule has 1 saturated heterocycles. The molecule has 1 saturated carbocycles. The summed E-state index contributed by atoms with van der Waals surface area (Å²) in [5, 5.41) is 2.95. The van der Waals surface area contributed by atoms with Crippen molar-refractivity contribution in [2.24, 2.45) is 11.8 Å². The third-order valence-electron chi connectivity index (χ3n) is 6.28. The summed E-state index contributed by atoms with van der Waals surface area (Å²) in [5.74, 6) is 2.17. The van der Waals surface area contributed by atoms with Crippen LogP contribution in [0.25, 0.3) is 0 Å². The second kappa shape index (κ2) is 9.78. The number of carbonyl (C=O) groups excluding carboxylic acids is 1. The molecule has 0 atom stereocenters. The highest BCUT2D eigenvalue weighted by Crippen LogP contribution is 2.32. The minimum Gasteiger partial charge on any atom is -0.444 e. The lowest BCUT2D eigenvalue weighted by Crippen LogP contribution is -2.39. The number of benzene rings is 1. The van der Waals surface area contributed by atoms with Crippen molar-refractivity contribution in [1.82, 2.24) is 10.2 Å². The fourth-order valence-electron chi connectivity index (χ4n) is 4.70. The lowest BCUT2D eigenvalue weighted by atomic mass is 9.81. The van der Waals surface area contributed by atoms with Crippen molar-refractivity contribution >= 4 is 6.09 Å². The highest BCUT2D eigenvalue weighted by atomic mass is 16.6. The van der Waals surface area contributed by atoms with Crippen LogP contribution >= 0.6 is 0 Å². The Hall–Kier alpha value is -1.55. The van der Waals surface area contributed by atoms with E-state index in [1.807, 2.05) is 20.8 Å². The van der Waals surface area contributed by atoms with Gasteiger partial charge in [0.05, 0.1) is 0 Å². The molecule has 4 nitrogen and oxygen atoms in total. The third-order valence-corrected chi connectivity index (χ3v) is 6.28. The molecular weight excluding hydrogens is 348 g/mol. The summed E-state index contributed by atoms with van der Waals surface area (Å²) in [6.45, 7) is 10.2. The van der Waals surface area contributed by atoms with Gasteiger partial charge in [-0.2, -0.15) is 0 Å². The summed E-state index contributed by atoms with van der Waals surface area (Å²) in [6, 6.07) is 11.0. The van der Waals surface area contributed by atoms with E-state index in [4.69, 9.17) is 4.74 Å². The Morgan fingerprint density at radius 1 is 1.00 bits per heavy atom. The van der Waals surface area contributed by atoms with Crippen LogP contribution < -0.4 is 5.32 Å². The molecule has 0 aromatic heterocycles. The number of rotatable bonds is 5. The SMILES string of the molecule is CC(C)(C)OC(=O)NC[C@H]1CC[C@H](CN2CCC(c3ccccc3)CC2)CC1. The predicted octanol–water partition coefficient (Wildman–Crippen LogP) is 5.20. The second-order valence-corrected chi connectivity index (χ2v) is 9.76. The van der Waals surface area contributed by atoms with E-state index in [9.17, 15) is 4.79 Å². The topological polar surface area (TPSA) is 41.6 Å². The van der Waals surface area contributed by atoms with Gasteiger partial charge in [0, 0.05) is 13.1 Å². The number of alkyl carbamates (subject to hydrolysis) is 1. The summed E-state index contributed by atoms with van der Waals surface area (Å²) in [5.41, 5.74) is 1.09. The van der Waals surface area contributed by atoms with Crippen LogP contribution in [0.1, 0.15) is 70.8 Å². The fraction of sp³-hybridized carbons (Fsp3) is 0.708. The maximum Gasteiger partial charge on any atom is 0.407 e. The maximum absolute atomic E-state index is 11.8. The van der Waals surface area contributed by atoms with Gasteiger partial charge < -0.3 is 15.0 Å². The van der Waals surface area contributed by atoms with Gasteiger partial charge in [-0.15, -0.1) is 0 Å². The van der Waals surface area contributed by atoms with Gasteiger partial charge in [0.25, 0.3) is 0 Å². The molecular formula is C24H38N2O2. The van der Waals surface area contributed by atoms with Crippen molar-refractivity contribution in [2.75, 3.05) is 26.2 Å². The Bertz CT molecular complexity index is 595. The molecule has 1 aliphatic heterocycles. The zero-order valence-corrected chi connectivity index (χ0v) is 18.0. The van der Waals surface area contributed by atoms with Crippen molar-refractivity contribution in [3.05, 3.63) is 35.9 Å². The molecule has 3 rings (SSSR count). The first-order valence-electron chi connectivity index (χ1n) is 11.1. The van der Waals surface area contributed by atoms with Crippen LogP contribution in [-0.4, -0.2) is 42.8 Å². The molecule has 1 amide bonds. The van der Waals surface area contributed by atoms with Crippen molar-refractivity contribution in [3.63, 3.8) is 0 Å². The molecule has 0 radical (unpaired) electrons. The molecule has 2 fully saturated rings. The molecule has 156 valence electrons. The number of hydrogen-bond donors (Lipinski definition) is 1. The van der Waals surface area contributed by atoms with Crippen LogP contribution in [0.4, 0.5) is 4.79 Å². The van der Waals surface area contributed by atoms with Gasteiger partial charge in [0.1, 0.15) is 5.60 Å². The predicted molar refractivity (Wildman–Crippen MR) is 115 cm³/mol. The van der Waals surface area contributed by atoms with Gasteiger partial charge in [-0.1, -0.05) is 30.3 Å². The zero-order chi connectivity index (χ0) is 20.0. The number of carbonyl (C=O) groups is 1. The molecule has 28 heavy (non-hydrogen) atoms. The number of ether oxygens (including phenoxy) is 1. The van der Waals surface area contributed by atoms with Crippen LogP contribution in [0.15, 0.2) is 30.3 Å². The van der Waals surface area contributed by atoms with E-state index < -0.39 is 5.60 Å². The summed E-state index contributed by atoms with van der Waals surface area (Å²) in [6.07, 6.45) is 7.33. The van der Waals surface area contributed by atoms with E-state index >= 15 is 0 Å². The van der Waals surface area contributed by atoms with Gasteiger partial charge in [0.2, 0.25) is 0 Å². The maximum atomic E-state index is 11.8. The zero-order valence-electron chi connectivity index (χ0n) is 18.0. The first-order valence-corrected chi connectivity index (χ1v) is 11.1. The number of likely N-dealkylation sites (tertiary alicyclic amines) is 1. The van der Waals surface area contributed by atoms with Crippen LogP contribution in [-0.2, 0) is 4.74 Å². The van der Waals surface area contributed by atoms with Gasteiger partial charge in [-0.05, 0) is 95.7 Å². The molecule has 1 aromatic rings. The van der Waals surface area contributed by atoms with Crippen molar-refractivity contribution in [3.8, 4) is 0 Å². The summed E-state index contributed by atoms with van der Waals surface area (Å²) in [7, 11) is 0. The summed E-state index contributed by atoms with van der Waals surface area (Å²) >= 11 is 0. The third kappa shape index (κ3) is 6.80. The molecule has 0 bridgehead atoms. The molecule has 1 N–H and O–H groups in total. The van der Waals surface area contributed by atoms with Gasteiger partial charge in [-0.25, -0.2) is 4.79 Å². The highest BCUT2D eigenvalue weighted by Gasteiger charge is 2.26. The Balaban J connectivity index is 1.31. The average Bonchev–Trinajstić information content (AvgIpc) is 2.67. The Labute approximate surface area is 171 Å². The number of nitrogens with zero attached hydrogens (tertiary/aromatic N) is 1. The summed E-state index contributed by atoms with van der Waals surface area (Å²) in [4.78, 5) is 14.5. The van der Waals surface area contributed by atoms with Crippen LogP contribution in [0.5, 0.6) is 0 Å². The largest absolute Gasteiger partial charge is 0.444 e. The normalized spacial score (nSPS) is 24.7. The molecule has 1 heterocycles. The van der Waals surface area contributed by atoms with Crippen LogP contribution in [0.3, 0.4) is 0 Å². The van der Waals surface area contributed by atoms with Gasteiger partial charge in [-0.3, -0.25) is 0 Å². The van der Waals surface area contributed by atoms with E-state index in [0.29, 0.717) is 5.92 Å². The van der Waals surface area contributed by atoms with Crippen molar-refractivity contribution in [2.45, 2.75) is 70.8 Å². The lowest BCUT2D eigenvalue weighted by molar-refractivity contribution is 0.0511. The second-order valence-electron chi connectivity index (χ2n) is 9.76. The molecule has 1 aromatic carbocycles. The lowest BCUT2D eigenvalue weighted by Gasteiger charge is -2.36. The Morgan fingerprint density at radius 2 is 1.61 bits per heavy atom. The fourth-order valence-corrected chi connectivity index (χ4v) is 4.70. The van der Waals surface area contributed by atoms with Crippen molar-refractivity contribution in [1.29, 1.82) is 0 Å². The van der Waals surface area contributed by atoms with E-state index in [2.05, 4.69) is 40.5 Å². The minimum atomic E-state index is -0.421. The number of amides is 1.